The molecule has 0 unspecified atom stereocenters. The van der Waals surface area contributed by atoms with Crippen LogP contribution in [-0.4, -0.2) is 29.0 Å². The van der Waals surface area contributed by atoms with Crippen molar-refractivity contribution in [1.82, 2.24) is 14.1 Å². The Morgan fingerprint density at radius 3 is 2.36 bits per heavy atom. The van der Waals surface area contributed by atoms with Crippen LogP contribution >= 0.6 is 11.6 Å². The molecule has 2 aromatic carbocycles. The van der Waals surface area contributed by atoms with Crippen LogP contribution < -0.4 is 0 Å². The third kappa shape index (κ3) is 4.63. The first-order chi connectivity index (χ1) is 13.4. The maximum Gasteiger partial charge on any atom is 0.243 e. The van der Waals surface area contributed by atoms with Crippen LogP contribution in [0.25, 0.3) is 0 Å². The van der Waals surface area contributed by atoms with Gasteiger partial charge >= 0.3 is 0 Å². The van der Waals surface area contributed by atoms with Crippen LogP contribution in [0.15, 0.2) is 65.7 Å². The maximum absolute atomic E-state index is 13.3. The lowest BCUT2D eigenvalue weighted by Crippen LogP contribution is -2.32. The van der Waals surface area contributed by atoms with E-state index >= 15 is 0 Å². The molecule has 1 heterocycles. The van der Waals surface area contributed by atoms with Crippen LogP contribution in [0, 0.1) is 6.92 Å². The molecule has 148 valence electrons. The van der Waals surface area contributed by atoms with Crippen molar-refractivity contribution < 1.29 is 8.42 Å². The second kappa shape index (κ2) is 8.90. The first-order valence-corrected chi connectivity index (χ1v) is 11.0. The van der Waals surface area contributed by atoms with E-state index in [2.05, 4.69) is 5.10 Å². The van der Waals surface area contributed by atoms with E-state index in [1.54, 1.807) is 30.5 Å². The lowest BCUT2D eigenvalue weighted by atomic mass is 10.1. The van der Waals surface area contributed by atoms with Crippen LogP contribution in [0.4, 0.5) is 0 Å². The predicted molar refractivity (Wildman–Crippen MR) is 112 cm³/mol. The standard InChI is InChI=1S/C21H24ClN3O2S/c1-3-25-17(2)19(15-23-25)16-24(14-13-18-7-5-4-6-8-18)28(26,27)21-11-9-20(22)10-12-21/h4-12,15H,3,13-14,16H2,1-2H3. The summed E-state index contributed by atoms with van der Waals surface area (Å²) in [5.74, 6) is 0. The van der Waals surface area contributed by atoms with Gasteiger partial charge < -0.3 is 0 Å². The van der Waals surface area contributed by atoms with Gasteiger partial charge in [0.1, 0.15) is 0 Å². The summed E-state index contributed by atoms with van der Waals surface area (Å²) in [6.45, 7) is 5.40. The summed E-state index contributed by atoms with van der Waals surface area (Å²) in [6.07, 6.45) is 2.39. The third-order valence-electron chi connectivity index (χ3n) is 4.80. The first kappa shape index (κ1) is 20.6. The summed E-state index contributed by atoms with van der Waals surface area (Å²) < 4.78 is 30.0. The Morgan fingerprint density at radius 1 is 1.07 bits per heavy atom. The van der Waals surface area contributed by atoms with E-state index in [-0.39, 0.29) is 11.4 Å². The molecular formula is C21H24ClN3O2S. The Balaban J connectivity index is 1.90. The van der Waals surface area contributed by atoms with Gasteiger partial charge in [0.25, 0.3) is 0 Å². The van der Waals surface area contributed by atoms with Crippen molar-refractivity contribution in [3.05, 3.63) is 82.6 Å². The number of benzene rings is 2. The van der Waals surface area contributed by atoms with E-state index in [4.69, 9.17) is 11.6 Å². The molecule has 0 saturated heterocycles. The van der Waals surface area contributed by atoms with Gasteiger partial charge in [0, 0.05) is 35.9 Å². The largest absolute Gasteiger partial charge is 0.270 e. The molecule has 0 radical (unpaired) electrons. The number of hydrogen-bond acceptors (Lipinski definition) is 3. The maximum atomic E-state index is 13.3. The van der Waals surface area contributed by atoms with Gasteiger partial charge in [0.05, 0.1) is 11.1 Å². The van der Waals surface area contributed by atoms with Crippen molar-refractivity contribution in [3.8, 4) is 0 Å². The third-order valence-corrected chi connectivity index (χ3v) is 6.91. The molecule has 28 heavy (non-hydrogen) atoms. The Hall–Kier alpha value is -2.15. The van der Waals surface area contributed by atoms with Gasteiger partial charge in [0.15, 0.2) is 0 Å². The Bertz CT molecular complexity index is 1020. The Morgan fingerprint density at radius 2 is 1.75 bits per heavy atom. The van der Waals surface area contributed by atoms with E-state index in [0.717, 1.165) is 23.4 Å². The van der Waals surface area contributed by atoms with E-state index in [0.29, 0.717) is 18.0 Å². The minimum atomic E-state index is -3.66. The molecule has 0 bridgehead atoms. The number of rotatable bonds is 8. The highest BCUT2D eigenvalue weighted by atomic mass is 35.5. The molecule has 0 spiro atoms. The summed E-state index contributed by atoms with van der Waals surface area (Å²) in [7, 11) is -3.66. The van der Waals surface area contributed by atoms with Crippen molar-refractivity contribution in [2.75, 3.05) is 6.54 Å². The zero-order valence-electron chi connectivity index (χ0n) is 16.0. The van der Waals surface area contributed by atoms with Crippen LogP contribution in [0.2, 0.25) is 5.02 Å². The fraction of sp³-hybridized carbons (Fsp3) is 0.286. The fourth-order valence-electron chi connectivity index (χ4n) is 3.09. The fourth-order valence-corrected chi connectivity index (χ4v) is 4.63. The molecule has 0 fully saturated rings. The summed E-state index contributed by atoms with van der Waals surface area (Å²) >= 11 is 5.93. The highest BCUT2D eigenvalue weighted by Crippen LogP contribution is 2.22. The summed E-state index contributed by atoms with van der Waals surface area (Å²) in [5, 5.41) is 4.86. The zero-order valence-corrected chi connectivity index (χ0v) is 17.6. The first-order valence-electron chi connectivity index (χ1n) is 9.22. The molecule has 7 heteroatoms. The second-order valence-corrected chi connectivity index (χ2v) is 8.97. The molecular weight excluding hydrogens is 394 g/mol. The lowest BCUT2D eigenvalue weighted by Gasteiger charge is -2.22. The highest BCUT2D eigenvalue weighted by Gasteiger charge is 2.25. The normalized spacial score (nSPS) is 11.9. The van der Waals surface area contributed by atoms with Crippen molar-refractivity contribution >= 4 is 21.6 Å². The molecule has 0 N–H and O–H groups in total. The molecule has 0 amide bonds. The number of nitrogens with zero attached hydrogens (tertiary/aromatic N) is 3. The number of halogens is 1. The number of aromatic nitrogens is 2. The van der Waals surface area contributed by atoms with Gasteiger partial charge in [-0.3, -0.25) is 4.68 Å². The lowest BCUT2D eigenvalue weighted by molar-refractivity contribution is 0.408. The Kier molecular flexibility index (Phi) is 6.54. The van der Waals surface area contributed by atoms with Gasteiger partial charge in [-0.05, 0) is 50.1 Å². The summed E-state index contributed by atoms with van der Waals surface area (Å²) in [6, 6.07) is 16.2. The average Bonchev–Trinajstić information content (AvgIpc) is 3.05. The highest BCUT2D eigenvalue weighted by molar-refractivity contribution is 7.89. The summed E-state index contributed by atoms with van der Waals surface area (Å²) in [5.41, 5.74) is 2.99. The molecule has 0 aliphatic rings. The van der Waals surface area contributed by atoms with Gasteiger partial charge in [-0.25, -0.2) is 8.42 Å². The number of hydrogen-bond donors (Lipinski definition) is 0. The van der Waals surface area contributed by atoms with Gasteiger partial charge in [-0.15, -0.1) is 0 Å². The quantitative estimate of drug-likeness (QED) is 0.549. The van der Waals surface area contributed by atoms with Crippen molar-refractivity contribution in [3.63, 3.8) is 0 Å². The van der Waals surface area contributed by atoms with Crippen LogP contribution in [-0.2, 0) is 29.5 Å². The molecule has 0 aliphatic heterocycles. The van der Waals surface area contributed by atoms with E-state index in [9.17, 15) is 8.42 Å². The van der Waals surface area contributed by atoms with Crippen LogP contribution in [0.3, 0.4) is 0 Å². The van der Waals surface area contributed by atoms with Crippen molar-refractivity contribution in [2.24, 2.45) is 0 Å². The van der Waals surface area contributed by atoms with Crippen molar-refractivity contribution in [2.45, 2.75) is 38.3 Å². The smallest absolute Gasteiger partial charge is 0.243 e. The van der Waals surface area contributed by atoms with Gasteiger partial charge in [-0.1, -0.05) is 41.9 Å². The molecule has 0 aliphatic carbocycles. The van der Waals surface area contributed by atoms with E-state index in [1.165, 1.54) is 4.31 Å². The Labute approximate surface area is 171 Å². The molecule has 0 atom stereocenters. The molecule has 1 aromatic heterocycles. The second-order valence-electron chi connectivity index (χ2n) is 6.60. The van der Waals surface area contributed by atoms with E-state index < -0.39 is 10.0 Å². The van der Waals surface area contributed by atoms with Gasteiger partial charge in [0.2, 0.25) is 10.0 Å². The minimum Gasteiger partial charge on any atom is -0.270 e. The van der Waals surface area contributed by atoms with Crippen molar-refractivity contribution in [1.29, 1.82) is 0 Å². The van der Waals surface area contributed by atoms with Crippen LogP contribution in [0.1, 0.15) is 23.7 Å². The van der Waals surface area contributed by atoms with Crippen LogP contribution in [0.5, 0.6) is 0 Å². The molecule has 3 rings (SSSR count). The predicted octanol–water partition coefficient (Wildman–Crippen LogP) is 4.30. The van der Waals surface area contributed by atoms with E-state index in [1.807, 2.05) is 48.9 Å². The zero-order chi connectivity index (χ0) is 20.1. The molecule has 3 aromatic rings. The number of sulfonamides is 1. The SMILES string of the molecule is CCn1ncc(CN(CCc2ccccc2)S(=O)(=O)c2ccc(Cl)cc2)c1C. The topological polar surface area (TPSA) is 55.2 Å². The van der Waals surface area contributed by atoms with Gasteiger partial charge in [-0.2, -0.15) is 9.40 Å². The average molecular weight is 418 g/mol. The summed E-state index contributed by atoms with van der Waals surface area (Å²) in [4.78, 5) is 0.241. The minimum absolute atomic E-state index is 0.241. The monoisotopic (exact) mass is 417 g/mol. The molecule has 5 nitrogen and oxygen atoms in total. The molecule has 0 saturated carbocycles. The number of aryl methyl sites for hydroxylation is 1.